The number of furan rings is 1. The number of nitrogens with one attached hydrogen (secondary N) is 1. The maximum Gasteiger partial charge on any atom is 0.130 e. The number of aromatic nitrogens is 1. The van der Waals surface area contributed by atoms with Crippen LogP contribution in [0, 0.1) is 6.92 Å². The Labute approximate surface area is 120 Å². The van der Waals surface area contributed by atoms with Crippen molar-refractivity contribution < 1.29 is 9.15 Å². The zero-order chi connectivity index (χ0) is 14.2. The third-order valence-corrected chi connectivity index (χ3v) is 3.08. The Balaban J connectivity index is 1.74. The van der Waals surface area contributed by atoms with E-state index in [-0.39, 0.29) is 0 Å². The summed E-state index contributed by atoms with van der Waals surface area (Å²) in [5, 5.41) is 3.26. The van der Waals surface area contributed by atoms with Crippen LogP contribution in [0.15, 0.2) is 34.9 Å². The van der Waals surface area contributed by atoms with Gasteiger partial charge in [0.2, 0.25) is 0 Å². The third kappa shape index (κ3) is 4.47. The van der Waals surface area contributed by atoms with Gasteiger partial charge in [-0.1, -0.05) is 13.0 Å². The molecule has 0 aliphatic carbocycles. The Morgan fingerprint density at radius 1 is 1.35 bits per heavy atom. The highest BCUT2D eigenvalue weighted by atomic mass is 16.5. The van der Waals surface area contributed by atoms with Crippen LogP contribution >= 0.6 is 0 Å². The lowest BCUT2D eigenvalue weighted by Crippen LogP contribution is -2.11. The van der Waals surface area contributed by atoms with Gasteiger partial charge in [-0.2, -0.15) is 0 Å². The van der Waals surface area contributed by atoms with Crippen molar-refractivity contribution in [2.24, 2.45) is 0 Å². The maximum atomic E-state index is 5.77. The molecular weight excluding hydrogens is 252 g/mol. The molecule has 2 rings (SSSR count). The molecule has 4 nitrogen and oxygen atoms in total. The van der Waals surface area contributed by atoms with E-state index in [1.807, 2.05) is 24.3 Å². The predicted molar refractivity (Wildman–Crippen MR) is 78.4 cm³/mol. The molecule has 0 aliphatic rings. The van der Waals surface area contributed by atoms with Gasteiger partial charge in [-0.25, -0.2) is 0 Å². The minimum atomic E-state index is 0.514. The fourth-order valence-corrected chi connectivity index (χ4v) is 1.97. The van der Waals surface area contributed by atoms with Gasteiger partial charge >= 0.3 is 0 Å². The Kier molecular flexibility index (Phi) is 5.77. The van der Waals surface area contributed by atoms with Gasteiger partial charge in [-0.15, -0.1) is 0 Å². The second-order valence-corrected chi connectivity index (χ2v) is 4.72. The molecule has 0 spiro atoms. The topological polar surface area (TPSA) is 47.3 Å². The molecule has 20 heavy (non-hydrogen) atoms. The number of pyridine rings is 1. The van der Waals surface area contributed by atoms with Crippen LogP contribution in [0.3, 0.4) is 0 Å². The standard InChI is InChI=1S/C16H22N2O2/c1-3-17-11-16-13(2)10-15(20-16)12-19-9-7-14-6-4-5-8-18-14/h4-6,8,10,17H,3,7,9,11-12H2,1-2H3. The largest absolute Gasteiger partial charge is 0.462 e. The van der Waals surface area contributed by atoms with Gasteiger partial charge in [-0.05, 0) is 37.2 Å². The molecule has 0 atom stereocenters. The highest BCUT2D eigenvalue weighted by molar-refractivity contribution is 5.19. The number of aryl methyl sites for hydroxylation is 1. The lowest BCUT2D eigenvalue weighted by atomic mass is 10.2. The molecule has 0 aliphatic heterocycles. The van der Waals surface area contributed by atoms with E-state index in [4.69, 9.17) is 9.15 Å². The molecule has 0 fully saturated rings. The summed E-state index contributed by atoms with van der Waals surface area (Å²) in [5.41, 5.74) is 2.23. The summed E-state index contributed by atoms with van der Waals surface area (Å²) in [5.74, 6) is 1.88. The maximum absolute atomic E-state index is 5.77. The van der Waals surface area contributed by atoms with E-state index in [0.717, 1.165) is 36.7 Å². The van der Waals surface area contributed by atoms with Crippen molar-refractivity contribution in [2.75, 3.05) is 13.2 Å². The summed E-state index contributed by atoms with van der Waals surface area (Å²) in [6.07, 6.45) is 2.63. The minimum Gasteiger partial charge on any atom is -0.462 e. The Morgan fingerprint density at radius 2 is 2.25 bits per heavy atom. The van der Waals surface area contributed by atoms with Crippen molar-refractivity contribution in [1.82, 2.24) is 10.3 Å². The first-order valence-corrected chi connectivity index (χ1v) is 7.06. The second-order valence-electron chi connectivity index (χ2n) is 4.72. The van der Waals surface area contributed by atoms with Crippen LogP contribution in [0.4, 0.5) is 0 Å². The normalized spacial score (nSPS) is 10.9. The van der Waals surface area contributed by atoms with E-state index in [9.17, 15) is 0 Å². The zero-order valence-electron chi connectivity index (χ0n) is 12.2. The molecule has 0 radical (unpaired) electrons. The fraction of sp³-hybridized carbons (Fsp3) is 0.438. The highest BCUT2D eigenvalue weighted by Gasteiger charge is 2.07. The molecule has 0 bridgehead atoms. The van der Waals surface area contributed by atoms with Crippen molar-refractivity contribution in [2.45, 2.75) is 33.4 Å². The van der Waals surface area contributed by atoms with Gasteiger partial charge < -0.3 is 14.5 Å². The molecule has 108 valence electrons. The van der Waals surface area contributed by atoms with Crippen molar-refractivity contribution in [3.05, 3.63) is 53.2 Å². The van der Waals surface area contributed by atoms with Gasteiger partial charge in [0.15, 0.2) is 0 Å². The Bertz CT molecular complexity index is 508. The van der Waals surface area contributed by atoms with Gasteiger partial charge in [0.1, 0.15) is 18.1 Å². The van der Waals surface area contributed by atoms with E-state index < -0.39 is 0 Å². The molecular formula is C16H22N2O2. The first kappa shape index (κ1) is 14.8. The lowest BCUT2D eigenvalue weighted by molar-refractivity contribution is 0.107. The van der Waals surface area contributed by atoms with Crippen LogP contribution < -0.4 is 5.32 Å². The van der Waals surface area contributed by atoms with E-state index in [2.05, 4.69) is 24.1 Å². The minimum absolute atomic E-state index is 0.514. The van der Waals surface area contributed by atoms with Crippen molar-refractivity contribution in [1.29, 1.82) is 0 Å². The number of hydrogen-bond acceptors (Lipinski definition) is 4. The van der Waals surface area contributed by atoms with E-state index >= 15 is 0 Å². The monoisotopic (exact) mass is 274 g/mol. The third-order valence-electron chi connectivity index (χ3n) is 3.08. The SMILES string of the molecule is CCNCc1oc(COCCc2ccccn2)cc1C. The van der Waals surface area contributed by atoms with Crippen LogP contribution in [0.5, 0.6) is 0 Å². The zero-order valence-corrected chi connectivity index (χ0v) is 12.2. The Morgan fingerprint density at radius 3 is 3.00 bits per heavy atom. The molecule has 0 saturated heterocycles. The molecule has 2 heterocycles. The summed E-state index contributed by atoms with van der Waals surface area (Å²) in [6.45, 7) is 7.03. The first-order chi connectivity index (χ1) is 9.79. The van der Waals surface area contributed by atoms with Gasteiger partial charge in [0.25, 0.3) is 0 Å². The number of nitrogens with zero attached hydrogens (tertiary/aromatic N) is 1. The van der Waals surface area contributed by atoms with Crippen LogP contribution in [-0.4, -0.2) is 18.1 Å². The number of ether oxygens (including phenoxy) is 1. The van der Waals surface area contributed by atoms with Gasteiger partial charge in [0, 0.05) is 18.3 Å². The average molecular weight is 274 g/mol. The van der Waals surface area contributed by atoms with E-state index in [1.165, 1.54) is 5.56 Å². The van der Waals surface area contributed by atoms with Crippen molar-refractivity contribution in [3.63, 3.8) is 0 Å². The average Bonchev–Trinajstić information content (AvgIpc) is 2.83. The fourth-order valence-electron chi connectivity index (χ4n) is 1.97. The first-order valence-electron chi connectivity index (χ1n) is 7.06. The smallest absolute Gasteiger partial charge is 0.130 e. The summed E-state index contributed by atoms with van der Waals surface area (Å²) in [4.78, 5) is 4.26. The predicted octanol–water partition coefficient (Wildman–Crippen LogP) is 2.85. The molecule has 2 aromatic rings. The molecule has 0 amide bonds. The lowest BCUT2D eigenvalue weighted by Gasteiger charge is -2.02. The summed E-state index contributed by atoms with van der Waals surface area (Å²) >= 11 is 0. The van der Waals surface area contributed by atoms with Crippen LogP contribution in [0.2, 0.25) is 0 Å². The number of hydrogen-bond donors (Lipinski definition) is 1. The molecule has 2 aromatic heterocycles. The highest BCUT2D eigenvalue weighted by Crippen LogP contribution is 2.15. The summed E-state index contributed by atoms with van der Waals surface area (Å²) in [6, 6.07) is 7.97. The van der Waals surface area contributed by atoms with Crippen molar-refractivity contribution in [3.8, 4) is 0 Å². The van der Waals surface area contributed by atoms with Crippen LogP contribution in [-0.2, 0) is 24.3 Å². The summed E-state index contributed by atoms with van der Waals surface area (Å²) < 4.78 is 11.4. The molecule has 4 heteroatoms. The quantitative estimate of drug-likeness (QED) is 0.752. The number of rotatable bonds is 8. The molecule has 0 unspecified atom stereocenters. The van der Waals surface area contributed by atoms with Crippen molar-refractivity contribution >= 4 is 0 Å². The second kappa shape index (κ2) is 7.82. The van der Waals surface area contributed by atoms with Crippen LogP contribution in [0.25, 0.3) is 0 Å². The Hall–Kier alpha value is -1.65. The molecule has 1 N–H and O–H groups in total. The summed E-state index contributed by atoms with van der Waals surface area (Å²) in [7, 11) is 0. The van der Waals surface area contributed by atoms with Gasteiger partial charge in [-0.3, -0.25) is 4.98 Å². The van der Waals surface area contributed by atoms with E-state index in [0.29, 0.717) is 13.2 Å². The molecule has 0 aromatic carbocycles. The van der Waals surface area contributed by atoms with Crippen LogP contribution in [0.1, 0.15) is 29.7 Å². The van der Waals surface area contributed by atoms with Gasteiger partial charge in [0.05, 0.1) is 13.2 Å². The van der Waals surface area contributed by atoms with E-state index in [1.54, 1.807) is 6.20 Å². The molecule has 0 saturated carbocycles.